The van der Waals surface area contributed by atoms with E-state index in [4.69, 9.17) is 16.0 Å². The number of benzene rings is 2. The summed E-state index contributed by atoms with van der Waals surface area (Å²) in [6, 6.07) is 13.0. The Morgan fingerprint density at radius 2 is 1.71 bits per heavy atom. The number of carbonyl (C=O) groups excluding carboxylic acids is 2. The number of ether oxygens (including phenoxy) is 1. The monoisotopic (exact) mass is 406 g/mol. The molecule has 0 spiro atoms. The van der Waals surface area contributed by atoms with Crippen molar-refractivity contribution in [1.29, 1.82) is 0 Å². The van der Waals surface area contributed by atoms with Gasteiger partial charge in [0.2, 0.25) is 0 Å². The molecule has 3 rings (SSSR count). The van der Waals surface area contributed by atoms with Gasteiger partial charge in [0.25, 0.3) is 11.8 Å². The van der Waals surface area contributed by atoms with Gasteiger partial charge in [-0.15, -0.1) is 0 Å². The smallest absolute Gasteiger partial charge is 0.387 e. The molecule has 9 heteroatoms. The van der Waals surface area contributed by atoms with Crippen molar-refractivity contribution in [1.82, 2.24) is 0 Å². The van der Waals surface area contributed by atoms with E-state index in [1.54, 1.807) is 6.07 Å². The molecule has 2 aromatic carbocycles. The Bertz CT molecular complexity index is 993. The van der Waals surface area contributed by atoms with Crippen molar-refractivity contribution >= 4 is 34.8 Å². The number of halogens is 3. The van der Waals surface area contributed by atoms with E-state index in [0.717, 1.165) is 0 Å². The minimum absolute atomic E-state index is 0.0629. The third kappa shape index (κ3) is 4.66. The molecule has 6 nitrogen and oxygen atoms in total. The largest absolute Gasteiger partial charge is 0.459 e. The number of furan rings is 1. The highest BCUT2D eigenvalue weighted by molar-refractivity contribution is 6.31. The molecule has 144 valence electrons. The Kier molecular flexibility index (Phi) is 5.90. The molecule has 0 bridgehead atoms. The van der Waals surface area contributed by atoms with Gasteiger partial charge in [-0.05, 0) is 42.5 Å². The van der Waals surface area contributed by atoms with Gasteiger partial charge in [-0.1, -0.05) is 23.7 Å². The fraction of sp³-hybridized carbons (Fsp3) is 0.0526. The highest BCUT2D eigenvalue weighted by Crippen LogP contribution is 2.28. The molecule has 0 aliphatic carbocycles. The Labute approximate surface area is 163 Å². The fourth-order valence-corrected chi connectivity index (χ4v) is 2.54. The highest BCUT2D eigenvalue weighted by Gasteiger charge is 2.18. The maximum atomic E-state index is 12.6. The van der Waals surface area contributed by atoms with E-state index in [1.165, 1.54) is 54.8 Å². The summed E-state index contributed by atoms with van der Waals surface area (Å²) >= 11 is 5.97. The average Bonchev–Trinajstić information content (AvgIpc) is 3.18. The second kappa shape index (κ2) is 8.53. The maximum absolute atomic E-state index is 12.6. The minimum Gasteiger partial charge on any atom is -0.459 e. The van der Waals surface area contributed by atoms with Crippen LogP contribution in [0.15, 0.2) is 65.3 Å². The molecule has 0 fully saturated rings. The Hall–Kier alpha value is -3.39. The molecular formula is C19H13ClF2N2O4. The van der Waals surface area contributed by atoms with E-state index in [0.29, 0.717) is 5.02 Å². The van der Waals surface area contributed by atoms with Crippen LogP contribution in [0.2, 0.25) is 5.02 Å². The van der Waals surface area contributed by atoms with Crippen molar-refractivity contribution in [3.63, 3.8) is 0 Å². The van der Waals surface area contributed by atoms with Crippen LogP contribution >= 0.6 is 11.6 Å². The first-order valence-electron chi connectivity index (χ1n) is 7.93. The fourth-order valence-electron chi connectivity index (χ4n) is 2.36. The normalized spacial score (nSPS) is 10.6. The molecule has 0 saturated carbocycles. The average molecular weight is 407 g/mol. The van der Waals surface area contributed by atoms with Crippen LogP contribution in [0.5, 0.6) is 5.75 Å². The first kappa shape index (κ1) is 19.4. The summed E-state index contributed by atoms with van der Waals surface area (Å²) in [6.45, 7) is -3.08. The highest BCUT2D eigenvalue weighted by atomic mass is 35.5. The number of nitrogens with one attached hydrogen (secondary N) is 2. The summed E-state index contributed by atoms with van der Waals surface area (Å²) in [5.41, 5.74) is 0.316. The maximum Gasteiger partial charge on any atom is 0.387 e. The van der Waals surface area contributed by atoms with E-state index >= 15 is 0 Å². The standard InChI is InChI=1S/C19H13ClF2N2O4/c20-11-7-8-13(14(10-11)24-18(26)16-6-3-9-27-16)23-17(25)12-4-1-2-5-15(12)28-19(21)22/h1-10,19H,(H,23,25)(H,24,26). The molecule has 1 aromatic heterocycles. The van der Waals surface area contributed by atoms with E-state index in [1.807, 2.05) is 0 Å². The van der Waals surface area contributed by atoms with Gasteiger partial charge in [0, 0.05) is 5.02 Å². The van der Waals surface area contributed by atoms with E-state index < -0.39 is 18.4 Å². The third-order valence-electron chi connectivity index (χ3n) is 3.57. The molecule has 0 atom stereocenters. The minimum atomic E-state index is -3.08. The molecule has 2 N–H and O–H groups in total. The van der Waals surface area contributed by atoms with Crippen LogP contribution in [0.3, 0.4) is 0 Å². The molecular weight excluding hydrogens is 394 g/mol. The van der Waals surface area contributed by atoms with Gasteiger partial charge in [0.1, 0.15) is 5.75 Å². The molecule has 0 aliphatic heterocycles. The first-order valence-corrected chi connectivity index (χ1v) is 8.31. The quantitative estimate of drug-likeness (QED) is 0.601. The summed E-state index contributed by atoms with van der Waals surface area (Å²) in [5, 5.41) is 5.44. The summed E-state index contributed by atoms with van der Waals surface area (Å²) in [5.74, 6) is -1.46. The van der Waals surface area contributed by atoms with Crippen LogP contribution in [0, 0.1) is 0 Å². The molecule has 0 unspecified atom stereocenters. The topological polar surface area (TPSA) is 80.6 Å². The van der Waals surface area contributed by atoms with Crippen molar-refractivity contribution in [3.05, 3.63) is 77.2 Å². The third-order valence-corrected chi connectivity index (χ3v) is 3.81. The van der Waals surface area contributed by atoms with Crippen LogP contribution in [0.1, 0.15) is 20.9 Å². The van der Waals surface area contributed by atoms with Crippen molar-refractivity contribution in [2.45, 2.75) is 6.61 Å². The van der Waals surface area contributed by atoms with Gasteiger partial charge < -0.3 is 19.8 Å². The molecule has 2 amide bonds. The SMILES string of the molecule is O=C(Nc1cc(Cl)ccc1NC(=O)c1ccccc1OC(F)F)c1ccco1. The Morgan fingerprint density at radius 1 is 0.964 bits per heavy atom. The lowest BCUT2D eigenvalue weighted by atomic mass is 10.1. The molecule has 0 aliphatic rings. The molecule has 0 saturated heterocycles. The van der Waals surface area contributed by atoms with E-state index in [9.17, 15) is 18.4 Å². The van der Waals surface area contributed by atoms with Crippen molar-refractivity contribution in [2.24, 2.45) is 0 Å². The van der Waals surface area contributed by atoms with Crippen molar-refractivity contribution in [3.8, 4) is 5.75 Å². The number of anilines is 2. The molecule has 0 radical (unpaired) electrons. The van der Waals surface area contributed by atoms with Crippen LogP contribution in [-0.2, 0) is 0 Å². The van der Waals surface area contributed by atoms with Gasteiger partial charge in [-0.3, -0.25) is 9.59 Å². The Balaban J connectivity index is 1.85. The van der Waals surface area contributed by atoms with Crippen molar-refractivity contribution in [2.75, 3.05) is 10.6 Å². The van der Waals surface area contributed by atoms with Gasteiger partial charge in [0.05, 0.1) is 23.2 Å². The number of carbonyl (C=O) groups is 2. The van der Waals surface area contributed by atoms with E-state index in [2.05, 4.69) is 15.4 Å². The zero-order chi connectivity index (χ0) is 20.1. The lowest BCUT2D eigenvalue weighted by Crippen LogP contribution is -2.17. The second-order valence-corrected chi connectivity index (χ2v) is 5.89. The lowest BCUT2D eigenvalue weighted by molar-refractivity contribution is -0.0501. The second-order valence-electron chi connectivity index (χ2n) is 5.45. The number of hydrogen-bond donors (Lipinski definition) is 2. The molecule has 28 heavy (non-hydrogen) atoms. The van der Waals surface area contributed by atoms with E-state index in [-0.39, 0.29) is 28.4 Å². The zero-order valence-electron chi connectivity index (χ0n) is 14.1. The molecule has 1 heterocycles. The lowest BCUT2D eigenvalue weighted by Gasteiger charge is -2.14. The van der Waals surface area contributed by atoms with Gasteiger partial charge in [-0.25, -0.2) is 0 Å². The number of alkyl halides is 2. The predicted molar refractivity (Wildman–Crippen MR) is 99.1 cm³/mol. The number of hydrogen-bond acceptors (Lipinski definition) is 4. The Morgan fingerprint density at radius 3 is 2.43 bits per heavy atom. The van der Waals surface area contributed by atoms with Gasteiger partial charge in [0.15, 0.2) is 5.76 Å². The zero-order valence-corrected chi connectivity index (χ0v) is 14.9. The van der Waals surface area contributed by atoms with Crippen LogP contribution in [-0.4, -0.2) is 18.4 Å². The first-order chi connectivity index (χ1) is 13.4. The summed E-state index contributed by atoms with van der Waals surface area (Å²) in [7, 11) is 0. The number of para-hydroxylation sites is 1. The van der Waals surface area contributed by atoms with Crippen LogP contribution < -0.4 is 15.4 Å². The van der Waals surface area contributed by atoms with Crippen LogP contribution in [0.25, 0.3) is 0 Å². The van der Waals surface area contributed by atoms with Crippen molar-refractivity contribution < 1.29 is 27.5 Å². The summed E-state index contributed by atoms with van der Waals surface area (Å²) in [6.07, 6.45) is 1.34. The van der Waals surface area contributed by atoms with Gasteiger partial charge >= 0.3 is 6.61 Å². The predicted octanol–water partition coefficient (Wildman–Crippen LogP) is 5.04. The van der Waals surface area contributed by atoms with Crippen LogP contribution in [0.4, 0.5) is 20.2 Å². The summed E-state index contributed by atoms with van der Waals surface area (Å²) < 4.78 is 34.5. The number of amides is 2. The molecule has 3 aromatic rings. The van der Waals surface area contributed by atoms with Gasteiger partial charge in [-0.2, -0.15) is 8.78 Å². The number of rotatable bonds is 6. The summed E-state index contributed by atoms with van der Waals surface area (Å²) in [4.78, 5) is 24.8.